The fourth-order valence-electron chi connectivity index (χ4n) is 1.38. The van der Waals surface area contributed by atoms with E-state index >= 15 is 0 Å². The van der Waals surface area contributed by atoms with Crippen molar-refractivity contribution in [3.05, 3.63) is 28.2 Å². The maximum atomic E-state index is 13.4. The lowest BCUT2D eigenvalue weighted by molar-refractivity contribution is 0.283. The van der Waals surface area contributed by atoms with Crippen LogP contribution < -0.4 is 10.1 Å². The van der Waals surface area contributed by atoms with Gasteiger partial charge in [-0.2, -0.15) is 0 Å². The van der Waals surface area contributed by atoms with Crippen LogP contribution in [-0.4, -0.2) is 18.7 Å². The maximum absolute atomic E-state index is 13.4. The van der Waals surface area contributed by atoms with Gasteiger partial charge < -0.3 is 10.1 Å². The van der Waals surface area contributed by atoms with E-state index in [-0.39, 0.29) is 11.3 Å². The van der Waals surface area contributed by atoms with Gasteiger partial charge in [0, 0.05) is 11.6 Å². The number of halogens is 3. The van der Waals surface area contributed by atoms with Crippen LogP contribution in [0.1, 0.15) is 27.2 Å². The van der Waals surface area contributed by atoms with E-state index in [4.69, 9.17) is 4.74 Å². The Morgan fingerprint density at radius 2 is 1.94 bits per heavy atom. The van der Waals surface area contributed by atoms with E-state index in [9.17, 15) is 8.78 Å². The summed E-state index contributed by atoms with van der Waals surface area (Å²) in [6, 6.07) is 2.00. The molecule has 0 fully saturated rings. The average molecular weight is 322 g/mol. The SMILES string of the molecule is CC(C)(C)NCCCOc1c(F)cc(F)cc1Br. The summed E-state index contributed by atoms with van der Waals surface area (Å²) in [6.45, 7) is 7.38. The molecule has 1 rings (SSSR count). The van der Waals surface area contributed by atoms with Crippen LogP contribution in [0.4, 0.5) is 8.78 Å². The third kappa shape index (κ3) is 5.31. The quantitative estimate of drug-likeness (QED) is 0.831. The lowest BCUT2D eigenvalue weighted by atomic mass is 10.1. The first kappa shape index (κ1) is 15.4. The maximum Gasteiger partial charge on any atom is 0.169 e. The van der Waals surface area contributed by atoms with Crippen molar-refractivity contribution < 1.29 is 13.5 Å². The van der Waals surface area contributed by atoms with Crippen molar-refractivity contribution >= 4 is 15.9 Å². The summed E-state index contributed by atoms with van der Waals surface area (Å²) >= 11 is 3.08. The van der Waals surface area contributed by atoms with Crippen molar-refractivity contribution in [2.24, 2.45) is 0 Å². The molecule has 0 atom stereocenters. The summed E-state index contributed by atoms with van der Waals surface area (Å²) in [5.74, 6) is -1.25. The van der Waals surface area contributed by atoms with Crippen molar-refractivity contribution in [3.63, 3.8) is 0 Å². The topological polar surface area (TPSA) is 21.3 Å². The number of nitrogens with one attached hydrogen (secondary N) is 1. The summed E-state index contributed by atoms with van der Waals surface area (Å²) < 4.78 is 31.8. The number of rotatable bonds is 5. The zero-order valence-electron chi connectivity index (χ0n) is 10.8. The van der Waals surface area contributed by atoms with Gasteiger partial charge in [-0.3, -0.25) is 0 Å². The molecule has 0 aliphatic rings. The fourth-order valence-corrected chi connectivity index (χ4v) is 1.90. The molecule has 1 aromatic rings. The van der Waals surface area contributed by atoms with Crippen LogP contribution in [-0.2, 0) is 0 Å². The molecule has 0 aliphatic heterocycles. The van der Waals surface area contributed by atoms with Crippen molar-refractivity contribution in [1.29, 1.82) is 0 Å². The largest absolute Gasteiger partial charge is 0.489 e. The smallest absolute Gasteiger partial charge is 0.169 e. The number of hydrogen-bond acceptors (Lipinski definition) is 2. The number of benzene rings is 1. The highest BCUT2D eigenvalue weighted by atomic mass is 79.9. The van der Waals surface area contributed by atoms with Crippen molar-refractivity contribution in [3.8, 4) is 5.75 Å². The molecule has 18 heavy (non-hydrogen) atoms. The van der Waals surface area contributed by atoms with Gasteiger partial charge in [-0.05, 0) is 55.7 Å². The highest BCUT2D eigenvalue weighted by Crippen LogP contribution is 2.29. The van der Waals surface area contributed by atoms with E-state index in [1.807, 2.05) is 0 Å². The second kappa shape index (κ2) is 6.48. The summed E-state index contributed by atoms with van der Waals surface area (Å²) in [5.41, 5.74) is 0.0573. The first-order chi connectivity index (χ1) is 8.29. The summed E-state index contributed by atoms with van der Waals surface area (Å²) in [7, 11) is 0. The van der Waals surface area contributed by atoms with Crippen LogP contribution >= 0.6 is 15.9 Å². The minimum atomic E-state index is -0.689. The number of hydrogen-bond donors (Lipinski definition) is 1. The second-order valence-electron chi connectivity index (χ2n) is 5.08. The molecule has 0 unspecified atom stereocenters. The van der Waals surface area contributed by atoms with Gasteiger partial charge in [0.2, 0.25) is 0 Å². The zero-order valence-corrected chi connectivity index (χ0v) is 12.4. The lowest BCUT2D eigenvalue weighted by Gasteiger charge is -2.20. The van der Waals surface area contributed by atoms with Crippen LogP contribution in [0.5, 0.6) is 5.75 Å². The standard InChI is InChI=1S/C13H18BrF2NO/c1-13(2,3)17-5-4-6-18-12-10(14)7-9(15)8-11(12)16/h7-8,17H,4-6H2,1-3H3. The normalized spacial score (nSPS) is 11.7. The van der Waals surface area contributed by atoms with Gasteiger partial charge >= 0.3 is 0 Å². The molecule has 0 saturated carbocycles. The first-order valence-electron chi connectivity index (χ1n) is 5.82. The van der Waals surface area contributed by atoms with Gasteiger partial charge in [0.15, 0.2) is 11.6 Å². The van der Waals surface area contributed by atoms with Crippen molar-refractivity contribution in [2.45, 2.75) is 32.7 Å². The molecule has 0 heterocycles. The molecule has 1 N–H and O–H groups in total. The Kier molecular flexibility index (Phi) is 5.53. The van der Waals surface area contributed by atoms with E-state index in [0.717, 1.165) is 19.0 Å². The Balaban J connectivity index is 2.41. The second-order valence-corrected chi connectivity index (χ2v) is 5.93. The van der Waals surface area contributed by atoms with Gasteiger partial charge in [0.1, 0.15) is 5.82 Å². The van der Waals surface area contributed by atoms with E-state index in [0.29, 0.717) is 11.1 Å². The molecule has 0 saturated heterocycles. The lowest BCUT2D eigenvalue weighted by Crippen LogP contribution is -2.36. The predicted octanol–water partition coefficient (Wildman–Crippen LogP) is 3.88. The van der Waals surface area contributed by atoms with Gasteiger partial charge in [-0.25, -0.2) is 8.78 Å². The van der Waals surface area contributed by atoms with Crippen LogP contribution in [0.3, 0.4) is 0 Å². The Morgan fingerprint density at radius 3 is 2.50 bits per heavy atom. The third-order valence-corrected chi connectivity index (χ3v) is 2.77. The Morgan fingerprint density at radius 1 is 1.28 bits per heavy atom. The molecular weight excluding hydrogens is 304 g/mol. The Bertz CT molecular complexity index is 381. The highest BCUT2D eigenvalue weighted by Gasteiger charge is 2.11. The predicted molar refractivity (Wildman–Crippen MR) is 71.9 cm³/mol. The molecule has 5 heteroatoms. The Hall–Kier alpha value is -0.680. The minimum Gasteiger partial charge on any atom is -0.489 e. The molecule has 0 bridgehead atoms. The Labute approximate surface area is 115 Å². The van der Waals surface area contributed by atoms with E-state index < -0.39 is 11.6 Å². The van der Waals surface area contributed by atoms with Crippen LogP contribution in [0.15, 0.2) is 16.6 Å². The molecule has 0 amide bonds. The molecule has 0 aliphatic carbocycles. The van der Waals surface area contributed by atoms with Crippen LogP contribution in [0.2, 0.25) is 0 Å². The summed E-state index contributed by atoms with van der Waals surface area (Å²) in [6.07, 6.45) is 0.751. The van der Waals surface area contributed by atoms with Crippen molar-refractivity contribution in [2.75, 3.05) is 13.2 Å². The average Bonchev–Trinajstić information content (AvgIpc) is 2.19. The molecule has 102 valence electrons. The first-order valence-corrected chi connectivity index (χ1v) is 6.61. The molecule has 0 radical (unpaired) electrons. The zero-order chi connectivity index (χ0) is 13.8. The minimum absolute atomic E-state index is 0.0573. The molecular formula is C13H18BrF2NO. The van der Waals surface area contributed by atoms with Gasteiger partial charge in [-0.15, -0.1) is 0 Å². The van der Waals surface area contributed by atoms with Gasteiger partial charge in [0.05, 0.1) is 11.1 Å². The molecule has 2 nitrogen and oxygen atoms in total. The van der Waals surface area contributed by atoms with E-state index in [1.165, 1.54) is 6.07 Å². The summed E-state index contributed by atoms with van der Waals surface area (Å²) in [5, 5.41) is 3.30. The monoisotopic (exact) mass is 321 g/mol. The van der Waals surface area contributed by atoms with E-state index in [1.54, 1.807) is 0 Å². The third-order valence-electron chi connectivity index (χ3n) is 2.19. The fraction of sp³-hybridized carbons (Fsp3) is 0.538. The molecule has 0 aromatic heterocycles. The van der Waals surface area contributed by atoms with Crippen molar-refractivity contribution in [1.82, 2.24) is 5.32 Å². The van der Waals surface area contributed by atoms with Gasteiger partial charge in [0.25, 0.3) is 0 Å². The summed E-state index contributed by atoms with van der Waals surface area (Å²) in [4.78, 5) is 0. The van der Waals surface area contributed by atoms with Crippen LogP contribution in [0.25, 0.3) is 0 Å². The van der Waals surface area contributed by atoms with Gasteiger partial charge in [-0.1, -0.05) is 0 Å². The van der Waals surface area contributed by atoms with E-state index in [2.05, 4.69) is 42.0 Å². The molecule has 0 spiro atoms. The number of ether oxygens (including phenoxy) is 1. The van der Waals surface area contributed by atoms with Crippen LogP contribution in [0, 0.1) is 11.6 Å². The highest BCUT2D eigenvalue weighted by molar-refractivity contribution is 9.10. The molecule has 1 aromatic carbocycles.